The van der Waals surface area contributed by atoms with Gasteiger partial charge in [-0.3, -0.25) is 0 Å². The molecule has 2 aliphatic carbocycles. The summed E-state index contributed by atoms with van der Waals surface area (Å²) < 4.78 is 0. The Bertz CT molecular complexity index is 261. The molecule has 2 unspecified atom stereocenters. The lowest BCUT2D eigenvalue weighted by Crippen LogP contribution is -2.49. The van der Waals surface area contributed by atoms with Gasteiger partial charge < -0.3 is 10.6 Å². The van der Waals surface area contributed by atoms with E-state index in [1.165, 1.54) is 64.2 Å². The molecule has 0 amide bonds. The van der Waals surface area contributed by atoms with Crippen molar-refractivity contribution in [2.75, 3.05) is 0 Å². The van der Waals surface area contributed by atoms with Gasteiger partial charge in [0, 0.05) is 12.1 Å². The molecule has 0 saturated heterocycles. The molecule has 18 heavy (non-hydrogen) atoms. The number of rotatable bonds is 3. The Balaban J connectivity index is 1.75. The van der Waals surface area contributed by atoms with Crippen molar-refractivity contribution < 1.29 is 0 Å². The summed E-state index contributed by atoms with van der Waals surface area (Å²) in [6, 6.07) is 1.25. The van der Waals surface area contributed by atoms with Crippen LogP contribution in [0.4, 0.5) is 0 Å². The lowest BCUT2D eigenvalue weighted by Gasteiger charge is -2.33. The maximum absolute atomic E-state index is 5.49. The summed E-state index contributed by atoms with van der Waals surface area (Å²) in [6.45, 7) is 2.31. The van der Waals surface area contributed by atoms with E-state index in [1.807, 2.05) is 0 Å². The van der Waals surface area contributed by atoms with Crippen molar-refractivity contribution in [1.82, 2.24) is 10.6 Å². The standard InChI is InChI=1S/C15H28N2S/c1-2-12-8-6-7-11-14(12)17-15(18)16-13-9-4-3-5-10-13/h12-14H,2-11H2,1H3,(H2,16,17,18). The number of hydrogen-bond acceptors (Lipinski definition) is 1. The van der Waals surface area contributed by atoms with Gasteiger partial charge in [-0.2, -0.15) is 0 Å². The van der Waals surface area contributed by atoms with Gasteiger partial charge in [-0.15, -0.1) is 0 Å². The highest BCUT2D eigenvalue weighted by Gasteiger charge is 2.24. The van der Waals surface area contributed by atoms with Crippen LogP contribution in [0.15, 0.2) is 0 Å². The monoisotopic (exact) mass is 268 g/mol. The lowest BCUT2D eigenvalue weighted by atomic mass is 9.83. The van der Waals surface area contributed by atoms with E-state index in [1.54, 1.807) is 0 Å². The molecule has 2 nitrogen and oxygen atoms in total. The molecular weight excluding hydrogens is 240 g/mol. The van der Waals surface area contributed by atoms with Gasteiger partial charge in [0.25, 0.3) is 0 Å². The summed E-state index contributed by atoms with van der Waals surface area (Å²) in [5.41, 5.74) is 0. The van der Waals surface area contributed by atoms with Gasteiger partial charge >= 0.3 is 0 Å². The average Bonchev–Trinajstić information content (AvgIpc) is 2.40. The summed E-state index contributed by atoms with van der Waals surface area (Å²) in [7, 11) is 0. The van der Waals surface area contributed by atoms with Gasteiger partial charge in [0.15, 0.2) is 5.11 Å². The maximum Gasteiger partial charge on any atom is 0.166 e. The summed E-state index contributed by atoms with van der Waals surface area (Å²) >= 11 is 5.49. The Morgan fingerprint density at radius 2 is 1.61 bits per heavy atom. The fourth-order valence-electron chi connectivity index (χ4n) is 3.53. The van der Waals surface area contributed by atoms with Gasteiger partial charge in [0.1, 0.15) is 0 Å². The van der Waals surface area contributed by atoms with Crippen LogP contribution in [0.5, 0.6) is 0 Å². The van der Waals surface area contributed by atoms with Crippen LogP contribution in [0.25, 0.3) is 0 Å². The fourth-order valence-corrected chi connectivity index (χ4v) is 3.85. The molecule has 0 heterocycles. The maximum atomic E-state index is 5.49. The van der Waals surface area contributed by atoms with Crippen molar-refractivity contribution >= 4 is 17.3 Å². The quantitative estimate of drug-likeness (QED) is 0.762. The zero-order valence-corrected chi connectivity index (χ0v) is 12.5. The fraction of sp³-hybridized carbons (Fsp3) is 0.933. The first-order chi connectivity index (χ1) is 8.79. The van der Waals surface area contributed by atoms with Crippen LogP contribution in [-0.4, -0.2) is 17.2 Å². The molecule has 0 spiro atoms. The van der Waals surface area contributed by atoms with Crippen LogP contribution in [-0.2, 0) is 0 Å². The largest absolute Gasteiger partial charge is 0.360 e. The topological polar surface area (TPSA) is 24.1 Å². The van der Waals surface area contributed by atoms with Crippen LogP contribution in [0.2, 0.25) is 0 Å². The molecule has 0 aromatic heterocycles. The summed E-state index contributed by atoms with van der Waals surface area (Å²) in [5.74, 6) is 0.824. The third kappa shape index (κ3) is 4.11. The minimum atomic E-state index is 0.618. The predicted molar refractivity (Wildman–Crippen MR) is 81.8 cm³/mol. The van der Waals surface area contributed by atoms with Crippen LogP contribution in [0.3, 0.4) is 0 Å². The minimum Gasteiger partial charge on any atom is -0.360 e. The first kappa shape index (κ1) is 14.1. The zero-order valence-electron chi connectivity index (χ0n) is 11.7. The van der Waals surface area contributed by atoms with E-state index in [-0.39, 0.29) is 0 Å². The van der Waals surface area contributed by atoms with Gasteiger partial charge in [-0.25, -0.2) is 0 Å². The highest BCUT2D eigenvalue weighted by atomic mass is 32.1. The Labute approximate surface area is 117 Å². The van der Waals surface area contributed by atoms with Crippen LogP contribution < -0.4 is 10.6 Å². The molecule has 2 atom stereocenters. The van der Waals surface area contributed by atoms with Crippen molar-refractivity contribution in [2.24, 2.45) is 5.92 Å². The first-order valence-corrected chi connectivity index (χ1v) is 8.27. The van der Waals surface area contributed by atoms with E-state index in [0.29, 0.717) is 12.1 Å². The van der Waals surface area contributed by atoms with Crippen LogP contribution >= 0.6 is 12.2 Å². The molecule has 0 bridgehead atoms. The SMILES string of the molecule is CCC1CCCCC1NC(=S)NC1CCCCC1. The molecule has 2 saturated carbocycles. The Hall–Kier alpha value is -0.310. The van der Waals surface area contributed by atoms with Crippen molar-refractivity contribution in [1.29, 1.82) is 0 Å². The van der Waals surface area contributed by atoms with Crippen molar-refractivity contribution in [3.05, 3.63) is 0 Å². The molecule has 0 radical (unpaired) electrons. The second-order valence-electron chi connectivity index (χ2n) is 6.01. The van der Waals surface area contributed by atoms with Crippen molar-refractivity contribution in [3.63, 3.8) is 0 Å². The smallest absolute Gasteiger partial charge is 0.166 e. The summed E-state index contributed by atoms with van der Waals surface area (Å²) in [6.07, 6.45) is 13.4. The molecule has 104 valence electrons. The van der Waals surface area contributed by atoms with Crippen LogP contribution in [0, 0.1) is 5.92 Å². The molecule has 2 rings (SSSR count). The number of hydrogen-bond donors (Lipinski definition) is 2. The van der Waals surface area contributed by atoms with E-state index in [4.69, 9.17) is 12.2 Å². The normalized spacial score (nSPS) is 29.8. The van der Waals surface area contributed by atoms with Crippen molar-refractivity contribution in [3.8, 4) is 0 Å². The highest BCUT2D eigenvalue weighted by molar-refractivity contribution is 7.80. The minimum absolute atomic E-state index is 0.618. The lowest BCUT2D eigenvalue weighted by molar-refractivity contribution is 0.278. The average molecular weight is 268 g/mol. The van der Waals surface area contributed by atoms with E-state index in [9.17, 15) is 0 Å². The molecular formula is C15H28N2S. The zero-order chi connectivity index (χ0) is 12.8. The van der Waals surface area contributed by atoms with Crippen molar-refractivity contribution in [2.45, 2.75) is 83.2 Å². The van der Waals surface area contributed by atoms with E-state index in [2.05, 4.69) is 17.6 Å². The number of thiocarbonyl (C=S) groups is 1. The number of nitrogens with one attached hydrogen (secondary N) is 2. The Morgan fingerprint density at radius 3 is 2.33 bits per heavy atom. The van der Waals surface area contributed by atoms with E-state index < -0.39 is 0 Å². The first-order valence-electron chi connectivity index (χ1n) is 7.86. The molecule has 2 aliphatic rings. The second kappa shape index (κ2) is 7.32. The van der Waals surface area contributed by atoms with Gasteiger partial charge in [-0.1, -0.05) is 45.4 Å². The van der Waals surface area contributed by atoms with Gasteiger partial charge in [0.05, 0.1) is 0 Å². The molecule has 2 fully saturated rings. The predicted octanol–water partition coefficient (Wildman–Crippen LogP) is 3.75. The second-order valence-corrected chi connectivity index (χ2v) is 6.42. The summed E-state index contributed by atoms with van der Waals surface area (Å²) in [4.78, 5) is 0. The molecule has 0 aliphatic heterocycles. The third-order valence-corrected chi connectivity index (χ3v) is 4.93. The van der Waals surface area contributed by atoms with E-state index >= 15 is 0 Å². The van der Waals surface area contributed by atoms with E-state index in [0.717, 1.165) is 11.0 Å². The summed E-state index contributed by atoms with van der Waals surface area (Å²) in [5, 5.41) is 8.03. The Kier molecular flexibility index (Phi) is 5.74. The molecule has 3 heteroatoms. The van der Waals surface area contributed by atoms with Gasteiger partial charge in [-0.05, 0) is 43.8 Å². The van der Waals surface area contributed by atoms with Crippen LogP contribution in [0.1, 0.15) is 71.1 Å². The highest BCUT2D eigenvalue weighted by Crippen LogP contribution is 2.26. The van der Waals surface area contributed by atoms with Gasteiger partial charge in [0.2, 0.25) is 0 Å². The third-order valence-electron chi connectivity index (χ3n) is 4.69. The molecule has 0 aromatic rings. The Morgan fingerprint density at radius 1 is 0.944 bits per heavy atom. The molecule has 0 aromatic carbocycles. The molecule has 2 N–H and O–H groups in total.